The van der Waals surface area contributed by atoms with Gasteiger partial charge in [-0.1, -0.05) is 60.1 Å². The summed E-state index contributed by atoms with van der Waals surface area (Å²) in [6.45, 7) is -0.0203. The van der Waals surface area contributed by atoms with Gasteiger partial charge in [-0.25, -0.2) is 9.82 Å². The number of hydrazone groups is 1. The Morgan fingerprint density at radius 1 is 0.971 bits per heavy atom. The van der Waals surface area contributed by atoms with Crippen LogP contribution >= 0.6 is 11.6 Å². The molecule has 0 aromatic heterocycles. The second-order valence-electron chi connectivity index (χ2n) is 7.60. The fourth-order valence-corrected chi connectivity index (χ4v) is 3.57. The molecule has 4 aromatic carbocycles. The molecule has 2 N–H and O–H groups in total. The number of halogens is 2. The topological polar surface area (TPSA) is 79.8 Å². The van der Waals surface area contributed by atoms with Gasteiger partial charge in [0.05, 0.1) is 12.8 Å². The van der Waals surface area contributed by atoms with Crippen molar-refractivity contribution in [3.63, 3.8) is 0 Å². The summed E-state index contributed by atoms with van der Waals surface area (Å²) in [7, 11) is 0. The van der Waals surface area contributed by atoms with Crippen LogP contribution < -0.4 is 15.5 Å². The van der Waals surface area contributed by atoms with E-state index in [2.05, 4.69) is 15.8 Å². The van der Waals surface area contributed by atoms with Gasteiger partial charge in [0.2, 0.25) is 0 Å². The van der Waals surface area contributed by atoms with E-state index >= 15 is 0 Å². The lowest BCUT2D eigenvalue weighted by Crippen LogP contribution is -2.34. The van der Waals surface area contributed by atoms with Crippen LogP contribution in [0.15, 0.2) is 90.0 Å². The average Bonchev–Trinajstić information content (AvgIpc) is 2.87. The van der Waals surface area contributed by atoms with Crippen LogP contribution in [-0.4, -0.2) is 24.6 Å². The normalized spacial score (nSPS) is 10.9. The highest BCUT2D eigenvalue weighted by atomic mass is 35.5. The standard InChI is InChI=1S/C27H21ClFN3O3/c28-21-6-3-5-20(14-21)27(34)30-16-26(33)32-31-15-24-23-7-2-1-4-19(23)10-13-25(24)35-17-18-8-11-22(29)12-9-18/h1-15H,16-17H2,(H,30,34)(H,32,33)/b31-15+. The van der Waals surface area contributed by atoms with Crippen LogP contribution in [0.3, 0.4) is 0 Å². The van der Waals surface area contributed by atoms with Gasteiger partial charge in [-0.05, 0) is 52.7 Å². The van der Waals surface area contributed by atoms with Gasteiger partial charge in [0, 0.05) is 16.1 Å². The number of ether oxygens (including phenoxy) is 1. The Morgan fingerprint density at radius 2 is 1.77 bits per heavy atom. The summed E-state index contributed by atoms with van der Waals surface area (Å²) in [5, 5.41) is 8.87. The quantitative estimate of drug-likeness (QED) is 0.267. The van der Waals surface area contributed by atoms with E-state index in [1.54, 1.807) is 30.3 Å². The molecule has 0 aliphatic heterocycles. The van der Waals surface area contributed by atoms with Crippen molar-refractivity contribution in [1.82, 2.24) is 10.7 Å². The molecular weight excluding hydrogens is 469 g/mol. The fourth-order valence-electron chi connectivity index (χ4n) is 3.38. The zero-order chi connectivity index (χ0) is 24.6. The smallest absolute Gasteiger partial charge is 0.259 e. The Bertz CT molecular complexity index is 1390. The largest absolute Gasteiger partial charge is 0.488 e. The number of fused-ring (bicyclic) bond motifs is 1. The minimum atomic E-state index is -0.495. The molecule has 0 spiro atoms. The molecule has 0 unspecified atom stereocenters. The van der Waals surface area contributed by atoms with Gasteiger partial charge in [0.15, 0.2) is 0 Å². The van der Waals surface area contributed by atoms with E-state index in [1.807, 2.05) is 36.4 Å². The number of rotatable bonds is 8. The molecule has 0 atom stereocenters. The lowest BCUT2D eigenvalue weighted by Gasteiger charge is -2.12. The van der Waals surface area contributed by atoms with Crippen LogP contribution in [0.1, 0.15) is 21.5 Å². The van der Waals surface area contributed by atoms with Crippen molar-refractivity contribution >= 4 is 40.4 Å². The fraction of sp³-hybridized carbons (Fsp3) is 0.0741. The van der Waals surface area contributed by atoms with Gasteiger partial charge in [-0.3, -0.25) is 9.59 Å². The molecule has 176 valence electrons. The molecule has 6 nitrogen and oxygen atoms in total. The molecule has 2 amide bonds. The molecule has 0 radical (unpaired) electrons. The maximum atomic E-state index is 13.2. The van der Waals surface area contributed by atoms with E-state index in [4.69, 9.17) is 16.3 Å². The SMILES string of the molecule is O=C(CNC(=O)c1cccc(Cl)c1)N/N=C/c1c(OCc2ccc(F)cc2)ccc2ccccc12. The van der Waals surface area contributed by atoms with Gasteiger partial charge in [0.25, 0.3) is 11.8 Å². The van der Waals surface area contributed by atoms with E-state index in [0.717, 1.165) is 16.3 Å². The predicted octanol–water partition coefficient (Wildman–Crippen LogP) is 5.09. The highest BCUT2D eigenvalue weighted by Crippen LogP contribution is 2.27. The first-order valence-corrected chi connectivity index (χ1v) is 11.1. The minimum absolute atomic E-state index is 0.237. The van der Waals surface area contributed by atoms with Gasteiger partial charge in [0.1, 0.15) is 18.2 Å². The van der Waals surface area contributed by atoms with Crippen LogP contribution in [0, 0.1) is 5.82 Å². The molecule has 35 heavy (non-hydrogen) atoms. The maximum Gasteiger partial charge on any atom is 0.259 e. The highest BCUT2D eigenvalue weighted by Gasteiger charge is 2.10. The molecular formula is C27H21ClFN3O3. The molecule has 0 saturated heterocycles. The summed E-state index contributed by atoms with van der Waals surface area (Å²) in [6.07, 6.45) is 1.50. The Kier molecular flexibility index (Phi) is 7.70. The summed E-state index contributed by atoms with van der Waals surface area (Å²) in [4.78, 5) is 24.4. The molecule has 0 heterocycles. The minimum Gasteiger partial charge on any atom is -0.488 e. The summed E-state index contributed by atoms with van der Waals surface area (Å²) < 4.78 is 19.1. The third kappa shape index (κ3) is 6.43. The van der Waals surface area contributed by atoms with Crippen LogP contribution in [0.4, 0.5) is 4.39 Å². The van der Waals surface area contributed by atoms with Gasteiger partial charge >= 0.3 is 0 Å². The van der Waals surface area contributed by atoms with E-state index in [1.165, 1.54) is 24.4 Å². The van der Waals surface area contributed by atoms with Crippen LogP contribution in [0.2, 0.25) is 5.02 Å². The first-order valence-electron chi connectivity index (χ1n) is 10.7. The Morgan fingerprint density at radius 3 is 2.57 bits per heavy atom. The lowest BCUT2D eigenvalue weighted by molar-refractivity contribution is -0.120. The van der Waals surface area contributed by atoms with E-state index in [9.17, 15) is 14.0 Å². The number of amides is 2. The molecule has 0 saturated carbocycles. The van der Waals surface area contributed by atoms with E-state index < -0.39 is 11.8 Å². The van der Waals surface area contributed by atoms with Crippen LogP contribution in [0.25, 0.3) is 10.8 Å². The van der Waals surface area contributed by atoms with Gasteiger partial charge in [-0.15, -0.1) is 0 Å². The zero-order valence-electron chi connectivity index (χ0n) is 18.5. The lowest BCUT2D eigenvalue weighted by atomic mass is 10.0. The average molecular weight is 490 g/mol. The van der Waals surface area contributed by atoms with Crippen molar-refractivity contribution in [2.75, 3.05) is 6.54 Å². The van der Waals surface area contributed by atoms with Crippen molar-refractivity contribution in [2.45, 2.75) is 6.61 Å². The summed E-state index contributed by atoms with van der Waals surface area (Å²) in [6, 6.07) is 23.9. The summed E-state index contributed by atoms with van der Waals surface area (Å²) in [5.74, 6) is -0.671. The number of nitrogens with one attached hydrogen (secondary N) is 2. The van der Waals surface area contributed by atoms with Gasteiger partial charge < -0.3 is 10.1 Å². The number of carbonyl (C=O) groups excluding carboxylic acids is 2. The van der Waals surface area contributed by atoms with Gasteiger partial charge in [-0.2, -0.15) is 5.10 Å². The number of benzene rings is 4. The van der Waals surface area contributed by atoms with Crippen molar-refractivity contribution in [3.05, 3.63) is 112 Å². The Hall–Kier alpha value is -4.23. The van der Waals surface area contributed by atoms with Crippen molar-refractivity contribution in [1.29, 1.82) is 0 Å². The summed E-state index contributed by atoms with van der Waals surface area (Å²) in [5.41, 5.74) is 4.25. The number of carbonyl (C=O) groups is 2. The van der Waals surface area contributed by atoms with Crippen molar-refractivity contribution in [2.24, 2.45) is 5.10 Å². The second-order valence-corrected chi connectivity index (χ2v) is 8.04. The molecule has 0 aliphatic carbocycles. The number of nitrogens with zero attached hydrogens (tertiary/aromatic N) is 1. The molecule has 4 rings (SSSR count). The third-order valence-corrected chi connectivity index (χ3v) is 5.35. The Balaban J connectivity index is 1.43. The monoisotopic (exact) mass is 489 g/mol. The van der Waals surface area contributed by atoms with Crippen LogP contribution in [-0.2, 0) is 11.4 Å². The van der Waals surface area contributed by atoms with E-state index in [0.29, 0.717) is 21.9 Å². The first-order chi connectivity index (χ1) is 17.0. The molecule has 4 aromatic rings. The highest BCUT2D eigenvalue weighted by molar-refractivity contribution is 6.31. The number of hydrogen-bond donors (Lipinski definition) is 2. The second kappa shape index (κ2) is 11.3. The zero-order valence-corrected chi connectivity index (χ0v) is 19.3. The summed E-state index contributed by atoms with van der Waals surface area (Å²) >= 11 is 5.89. The van der Waals surface area contributed by atoms with Crippen molar-refractivity contribution < 1.29 is 18.7 Å². The molecule has 0 bridgehead atoms. The number of hydrogen-bond acceptors (Lipinski definition) is 4. The molecule has 8 heteroatoms. The van der Waals surface area contributed by atoms with E-state index in [-0.39, 0.29) is 19.0 Å². The predicted molar refractivity (Wildman–Crippen MR) is 134 cm³/mol. The first kappa shape index (κ1) is 23.9. The third-order valence-electron chi connectivity index (χ3n) is 5.12. The maximum absolute atomic E-state index is 13.2. The Labute approximate surface area is 206 Å². The van der Waals surface area contributed by atoms with Crippen LogP contribution in [0.5, 0.6) is 5.75 Å². The molecule has 0 fully saturated rings. The molecule has 0 aliphatic rings. The van der Waals surface area contributed by atoms with Crippen molar-refractivity contribution in [3.8, 4) is 5.75 Å².